The Bertz CT molecular complexity index is 301. The van der Waals surface area contributed by atoms with Crippen LogP contribution in [0, 0.1) is 5.92 Å². The van der Waals surface area contributed by atoms with Gasteiger partial charge < -0.3 is 5.73 Å². The molecular weight excluding hydrogens is 242 g/mol. The van der Waals surface area contributed by atoms with Crippen LogP contribution in [0.2, 0.25) is 0 Å². The molecule has 1 amide bonds. The number of nitrogens with one attached hydrogen (secondary N) is 2. The summed E-state index contributed by atoms with van der Waals surface area (Å²) in [6.45, 7) is 4.88. The summed E-state index contributed by atoms with van der Waals surface area (Å²) in [5, 5.41) is 0. The van der Waals surface area contributed by atoms with Gasteiger partial charge in [-0.2, -0.15) is 4.83 Å². The second-order valence-corrected chi connectivity index (χ2v) is 6.30. The van der Waals surface area contributed by atoms with E-state index in [9.17, 15) is 13.2 Å². The third-order valence-corrected chi connectivity index (χ3v) is 3.44. The Hall–Kier alpha value is -0.660. The predicted octanol–water partition coefficient (Wildman–Crippen LogP) is 0.112. The first-order valence-electron chi connectivity index (χ1n) is 5.84. The van der Waals surface area contributed by atoms with Crippen LogP contribution in [0.1, 0.15) is 39.5 Å². The molecule has 0 aromatic rings. The molecule has 1 heterocycles. The van der Waals surface area contributed by atoms with Gasteiger partial charge in [-0.05, 0) is 25.2 Å². The molecular formula is C10H23N3O3S. The quantitative estimate of drug-likeness (QED) is 0.674. The van der Waals surface area contributed by atoms with Crippen LogP contribution >= 0.6 is 0 Å². The first-order chi connectivity index (χ1) is 7.83. The lowest BCUT2D eigenvalue weighted by Crippen LogP contribution is -2.36. The van der Waals surface area contributed by atoms with Crippen molar-refractivity contribution in [2.75, 3.05) is 12.3 Å². The van der Waals surface area contributed by atoms with Crippen molar-refractivity contribution in [1.29, 1.82) is 0 Å². The lowest BCUT2D eigenvalue weighted by Gasteiger charge is -1.98. The molecule has 17 heavy (non-hydrogen) atoms. The number of carbonyl (C=O) groups excluding carboxylic acids is 1. The van der Waals surface area contributed by atoms with E-state index in [4.69, 9.17) is 5.73 Å². The molecule has 0 aromatic carbocycles. The third-order valence-electron chi connectivity index (χ3n) is 2.16. The maximum atomic E-state index is 10.7. The number of amides is 1. The smallest absolute Gasteiger partial charge is 0.224 e. The van der Waals surface area contributed by atoms with Crippen LogP contribution in [0.3, 0.4) is 0 Å². The molecule has 1 aliphatic heterocycles. The number of rotatable bonds is 3. The minimum absolute atomic E-state index is 0.196. The fourth-order valence-electron chi connectivity index (χ4n) is 1.15. The van der Waals surface area contributed by atoms with Crippen molar-refractivity contribution in [2.24, 2.45) is 11.7 Å². The third kappa shape index (κ3) is 11.6. The number of hydrazine groups is 1. The molecule has 6 nitrogen and oxygen atoms in total. The topological polar surface area (TPSA) is 101 Å². The van der Waals surface area contributed by atoms with Gasteiger partial charge in [0.1, 0.15) is 0 Å². The zero-order chi connectivity index (χ0) is 13.3. The van der Waals surface area contributed by atoms with E-state index in [1.807, 2.05) is 0 Å². The number of nitrogens with two attached hydrogens (primary N) is 1. The van der Waals surface area contributed by atoms with E-state index in [0.717, 1.165) is 25.8 Å². The molecule has 4 N–H and O–H groups in total. The Morgan fingerprint density at radius 1 is 1.35 bits per heavy atom. The molecule has 102 valence electrons. The molecule has 1 saturated heterocycles. The van der Waals surface area contributed by atoms with E-state index in [1.165, 1.54) is 0 Å². The first kappa shape index (κ1) is 16.3. The largest absolute Gasteiger partial charge is 0.370 e. The Morgan fingerprint density at radius 3 is 2.47 bits per heavy atom. The lowest BCUT2D eigenvalue weighted by atomic mass is 10.1. The van der Waals surface area contributed by atoms with Crippen LogP contribution in [-0.4, -0.2) is 26.6 Å². The van der Waals surface area contributed by atoms with Gasteiger partial charge in [0, 0.05) is 13.0 Å². The number of primary amides is 1. The molecule has 1 fully saturated rings. The SMILES string of the molecule is CC(C)CCC(N)=O.O=S1(=O)CCCCNN1. The zero-order valence-electron chi connectivity index (χ0n) is 10.5. The van der Waals surface area contributed by atoms with Crippen molar-refractivity contribution >= 4 is 15.9 Å². The lowest BCUT2D eigenvalue weighted by molar-refractivity contribution is -0.118. The molecule has 0 aromatic heterocycles. The molecule has 0 unspecified atom stereocenters. The zero-order valence-corrected chi connectivity index (χ0v) is 11.3. The molecule has 1 aliphatic rings. The maximum absolute atomic E-state index is 10.7. The summed E-state index contributed by atoms with van der Waals surface area (Å²) in [4.78, 5) is 12.4. The molecule has 0 bridgehead atoms. The van der Waals surface area contributed by atoms with Crippen LogP contribution in [0.15, 0.2) is 0 Å². The molecule has 7 heteroatoms. The van der Waals surface area contributed by atoms with E-state index >= 15 is 0 Å². The van der Waals surface area contributed by atoms with Crippen LogP contribution in [0.5, 0.6) is 0 Å². The van der Waals surface area contributed by atoms with E-state index in [2.05, 4.69) is 24.1 Å². The number of carbonyl (C=O) groups is 1. The minimum Gasteiger partial charge on any atom is -0.370 e. The normalized spacial score (nSPS) is 19.0. The second-order valence-electron chi connectivity index (χ2n) is 4.45. The van der Waals surface area contributed by atoms with Crippen molar-refractivity contribution in [3.05, 3.63) is 0 Å². The fourth-order valence-corrected chi connectivity index (χ4v) is 2.16. The van der Waals surface area contributed by atoms with Crippen molar-refractivity contribution in [1.82, 2.24) is 10.3 Å². The minimum atomic E-state index is -2.98. The van der Waals surface area contributed by atoms with Gasteiger partial charge in [0.2, 0.25) is 15.9 Å². The fraction of sp³-hybridized carbons (Fsp3) is 0.900. The van der Waals surface area contributed by atoms with Crippen molar-refractivity contribution in [3.8, 4) is 0 Å². The molecule has 0 radical (unpaired) electrons. The molecule has 1 rings (SSSR count). The standard InChI is InChI=1S/C6H13NO.C4H10N2O2S/c1-5(2)3-4-6(7)8;7-9(8)4-2-1-3-5-6-9/h5H,3-4H2,1-2H3,(H2,7,8);5-6H,1-4H2. The van der Waals surface area contributed by atoms with Gasteiger partial charge in [-0.25, -0.2) is 13.8 Å². The number of hydrogen-bond donors (Lipinski definition) is 3. The monoisotopic (exact) mass is 265 g/mol. The van der Waals surface area contributed by atoms with Gasteiger partial charge >= 0.3 is 0 Å². The summed E-state index contributed by atoms with van der Waals surface area (Å²) in [6.07, 6.45) is 3.11. The van der Waals surface area contributed by atoms with Gasteiger partial charge in [0.25, 0.3) is 0 Å². The summed E-state index contributed by atoms with van der Waals surface area (Å²) in [5.41, 5.74) is 7.50. The predicted molar refractivity (Wildman–Crippen MR) is 67.4 cm³/mol. The highest BCUT2D eigenvalue weighted by Gasteiger charge is 2.11. The second kappa shape index (κ2) is 8.43. The average Bonchev–Trinajstić information content (AvgIpc) is 2.40. The van der Waals surface area contributed by atoms with Gasteiger partial charge in [-0.3, -0.25) is 4.79 Å². The van der Waals surface area contributed by atoms with Gasteiger partial charge in [-0.15, -0.1) is 0 Å². The Balaban J connectivity index is 0.000000304. The van der Waals surface area contributed by atoms with E-state index in [0.29, 0.717) is 12.3 Å². The molecule has 0 spiro atoms. The first-order valence-corrected chi connectivity index (χ1v) is 7.49. The van der Waals surface area contributed by atoms with Crippen molar-refractivity contribution in [2.45, 2.75) is 39.5 Å². The number of sulfonamides is 1. The van der Waals surface area contributed by atoms with Gasteiger partial charge in [-0.1, -0.05) is 13.8 Å². The summed E-state index contributed by atoms with van der Waals surface area (Å²) in [5.74, 6) is 0.640. The highest BCUT2D eigenvalue weighted by molar-refractivity contribution is 7.89. The highest BCUT2D eigenvalue weighted by Crippen LogP contribution is 2.01. The number of hydrogen-bond acceptors (Lipinski definition) is 4. The van der Waals surface area contributed by atoms with Gasteiger partial charge in [0.15, 0.2) is 0 Å². The summed E-state index contributed by atoms with van der Waals surface area (Å²) >= 11 is 0. The van der Waals surface area contributed by atoms with Crippen molar-refractivity contribution in [3.63, 3.8) is 0 Å². The Kier molecular flexibility index (Phi) is 8.11. The van der Waals surface area contributed by atoms with E-state index in [-0.39, 0.29) is 11.7 Å². The molecule has 0 aliphatic carbocycles. The Morgan fingerprint density at radius 2 is 2.00 bits per heavy atom. The van der Waals surface area contributed by atoms with Crippen molar-refractivity contribution < 1.29 is 13.2 Å². The van der Waals surface area contributed by atoms with Crippen LogP contribution in [0.25, 0.3) is 0 Å². The van der Waals surface area contributed by atoms with Crippen LogP contribution < -0.4 is 16.0 Å². The Labute approximate surface area is 103 Å². The van der Waals surface area contributed by atoms with E-state index < -0.39 is 10.0 Å². The van der Waals surface area contributed by atoms with Crippen LogP contribution in [0.4, 0.5) is 0 Å². The molecule has 0 saturated carbocycles. The summed E-state index contributed by atoms with van der Waals surface area (Å²) in [7, 11) is -2.98. The van der Waals surface area contributed by atoms with Crippen LogP contribution in [-0.2, 0) is 14.8 Å². The highest BCUT2D eigenvalue weighted by atomic mass is 32.2. The van der Waals surface area contributed by atoms with Gasteiger partial charge in [0.05, 0.1) is 5.75 Å². The van der Waals surface area contributed by atoms with E-state index in [1.54, 1.807) is 0 Å². The summed E-state index contributed by atoms with van der Waals surface area (Å²) in [6, 6.07) is 0. The maximum Gasteiger partial charge on any atom is 0.224 e. The molecule has 0 atom stereocenters. The summed E-state index contributed by atoms with van der Waals surface area (Å²) < 4.78 is 21.4. The average molecular weight is 265 g/mol.